The van der Waals surface area contributed by atoms with Gasteiger partial charge in [0, 0.05) is 40.6 Å². The largest absolute Gasteiger partial charge is 0.493 e. The van der Waals surface area contributed by atoms with Crippen LogP contribution in [-0.4, -0.2) is 63.2 Å². The van der Waals surface area contributed by atoms with E-state index in [0.29, 0.717) is 29.7 Å². The van der Waals surface area contributed by atoms with Crippen LogP contribution >= 0.6 is 12.4 Å². The topological polar surface area (TPSA) is 68.3 Å². The van der Waals surface area contributed by atoms with Gasteiger partial charge in [-0.3, -0.25) is 0 Å². The molecule has 1 N–H and O–H groups in total. The number of nitrogens with zero attached hydrogens (tertiary/aromatic N) is 2. The van der Waals surface area contributed by atoms with E-state index in [4.69, 9.17) is 25.5 Å². The fraction of sp³-hybridized carbons (Fsp3) is 0.393. The minimum Gasteiger partial charge on any atom is -0.493 e. The molecule has 1 unspecified atom stereocenters. The van der Waals surface area contributed by atoms with Crippen LogP contribution < -0.4 is 14.2 Å². The van der Waals surface area contributed by atoms with E-state index in [9.17, 15) is 0 Å². The summed E-state index contributed by atoms with van der Waals surface area (Å²) in [6.07, 6.45) is 6.04. The summed E-state index contributed by atoms with van der Waals surface area (Å²) >= 11 is 0. The average Bonchev–Trinajstić information content (AvgIpc) is 3.34. The van der Waals surface area contributed by atoms with Gasteiger partial charge in [0.2, 0.25) is 0 Å². The molecule has 0 amide bonds. The second-order valence-electron chi connectivity index (χ2n) is 9.32. The van der Waals surface area contributed by atoms with Crippen LogP contribution in [0.3, 0.4) is 0 Å². The standard InChI is InChI=1S/C28H33N3O4.ClH/c1-8-18(13-17(2)3)35-30-28-21-16-25(33-7)24(32-6)15-20(21)27-26(28)22-14-19(9-10-23(22)29-27)34-12-11-31(4)5;/h1,9-10,14-18,29H,11-13H2,2-7H3;1H/b30-28-;. The van der Waals surface area contributed by atoms with Crippen molar-refractivity contribution in [3.8, 4) is 40.8 Å². The number of aromatic nitrogens is 1. The minimum atomic E-state index is -0.412. The number of benzene rings is 2. The smallest absolute Gasteiger partial charge is 0.187 e. The molecule has 3 aromatic rings. The lowest BCUT2D eigenvalue weighted by atomic mass is 10.1. The molecule has 0 aliphatic heterocycles. The minimum absolute atomic E-state index is 0. The first kappa shape index (κ1) is 27.3. The molecule has 0 fully saturated rings. The van der Waals surface area contributed by atoms with Crippen molar-refractivity contribution in [1.82, 2.24) is 9.88 Å². The summed E-state index contributed by atoms with van der Waals surface area (Å²) < 4.78 is 17.1. The molecule has 0 bridgehead atoms. The summed E-state index contributed by atoms with van der Waals surface area (Å²) in [4.78, 5) is 11.5. The van der Waals surface area contributed by atoms with Gasteiger partial charge in [0.15, 0.2) is 17.6 Å². The Labute approximate surface area is 219 Å². The van der Waals surface area contributed by atoms with Crippen molar-refractivity contribution < 1.29 is 19.0 Å². The van der Waals surface area contributed by atoms with Gasteiger partial charge in [0.25, 0.3) is 0 Å². The van der Waals surface area contributed by atoms with Crippen molar-refractivity contribution >= 4 is 29.0 Å². The molecule has 2 aromatic carbocycles. The molecule has 1 atom stereocenters. The number of halogens is 1. The number of ether oxygens (including phenoxy) is 3. The van der Waals surface area contributed by atoms with Crippen molar-refractivity contribution in [1.29, 1.82) is 0 Å². The first-order chi connectivity index (χ1) is 16.9. The normalized spacial score (nSPS) is 13.8. The van der Waals surface area contributed by atoms with Gasteiger partial charge in [-0.05, 0) is 50.3 Å². The SMILES string of the molecule is C#CC(CC(C)C)O/N=C1/c2cc(OC)c(OC)cc2-c2[nH]c3ccc(OCCN(C)C)cc3c21.Cl. The highest BCUT2D eigenvalue weighted by Gasteiger charge is 2.32. The fourth-order valence-electron chi connectivity index (χ4n) is 4.25. The molecule has 1 aliphatic carbocycles. The number of nitrogens with one attached hydrogen (secondary N) is 1. The first-order valence-corrected chi connectivity index (χ1v) is 11.8. The van der Waals surface area contributed by atoms with Gasteiger partial charge < -0.3 is 28.9 Å². The number of H-pyrrole nitrogens is 1. The lowest BCUT2D eigenvalue weighted by molar-refractivity contribution is 0.0845. The predicted molar refractivity (Wildman–Crippen MR) is 147 cm³/mol. The summed E-state index contributed by atoms with van der Waals surface area (Å²) in [5.74, 6) is 5.17. The lowest BCUT2D eigenvalue weighted by Gasteiger charge is -2.13. The number of terminal acetylenes is 1. The van der Waals surface area contributed by atoms with Gasteiger partial charge in [-0.1, -0.05) is 24.9 Å². The maximum atomic E-state index is 6.01. The third-order valence-electron chi connectivity index (χ3n) is 6.00. The average molecular weight is 512 g/mol. The molecule has 0 saturated heterocycles. The highest BCUT2D eigenvalue weighted by atomic mass is 35.5. The maximum Gasteiger partial charge on any atom is 0.187 e. The lowest BCUT2D eigenvalue weighted by Crippen LogP contribution is -2.19. The Bertz CT molecular complexity index is 1290. The number of fused-ring (bicyclic) bond motifs is 5. The molecule has 1 aromatic heterocycles. The summed E-state index contributed by atoms with van der Waals surface area (Å²) in [6.45, 7) is 5.65. The Kier molecular flexibility index (Phi) is 8.78. The van der Waals surface area contributed by atoms with Gasteiger partial charge in [-0.2, -0.15) is 0 Å². The third-order valence-corrected chi connectivity index (χ3v) is 6.00. The highest BCUT2D eigenvalue weighted by Crippen LogP contribution is 2.46. The number of aromatic amines is 1. The molecular formula is C28H34ClN3O4. The Hall–Kier alpha value is -3.34. The van der Waals surface area contributed by atoms with Crippen LogP contribution in [-0.2, 0) is 4.84 Å². The Balaban J connectivity index is 0.00000361. The molecule has 1 aliphatic rings. The molecule has 36 heavy (non-hydrogen) atoms. The fourth-order valence-corrected chi connectivity index (χ4v) is 4.25. The molecule has 7 nitrogen and oxygen atoms in total. The number of methoxy groups -OCH3 is 2. The molecule has 0 saturated carbocycles. The molecule has 0 radical (unpaired) electrons. The van der Waals surface area contributed by atoms with Crippen LogP contribution in [0.2, 0.25) is 0 Å². The number of hydrogen-bond acceptors (Lipinski definition) is 6. The van der Waals surface area contributed by atoms with E-state index in [1.807, 2.05) is 44.4 Å². The van der Waals surface area contributed by atoms with Crippen LogP contribution in [0.15, 0.2) is 35.5 Å². The van der Waals surface area contributed by atoms with Gasteiger partial charge in [-0.25, -0.2) is 0 Å². The maximum absolute atomic E-state index is 6.01. The number of hydrogen-bond donors (Lipinski definition) is 1. The van der Waals surface area contributed by atoms with Crippen LogP contribution in [0, 0.1) is 18.3 Å². The molecule has 4 rings (SSSR count). The van der Waals surface area contributed by atoms with Crippen LogP contribution in [0.4, 0.5) is 0 Å². The van der Waals surface area contributed by atoms with Crippen LogP contribution in [0.1, 0.15) is 31.4 Å². The van der Waals surface area contributed by atoms with Crippen molar-refractivity contribution in [2.75, 3.05) is 41.5 Å². The van der Waals surface area contributed by atoms with Crippen molar-refractivity contribution in [2.24, 2.45) is 11.1 Å². The summed E-state index contributed by atoms with van der Waals surface area (Å²) in [5.41, 5.74) is 5.45. The number of rotatable bonds is 10. The van der Waals surface area contributed by atoms with E-state index < -0.39 is 6.10 Å². The first-order valence-electron chi connectivity index (χ1n) is 11.8. The zero-order valence-electron chi connectivity index (χ0n) is 21.7. The molecular weight excluding hydrogens is 478 g/mol. The second-order valence-corrected chi connectivity index (χ2v) is 9.32. The zero-order valence-corrected chi connectivity index (χ0v) is 22.5. The van der Waals surface area contributed by atoms with E-state index >= 15 is 0 Å². The van der Waals surface area contributed by atoms with Crippen molar-refractivity contribution in [2.45, 2.75) is 26.4 Å². The van der Waals surface area contributed by atoms with Gasteiger partial charge in [0.05, 0.1) is 19.9 Å². The molecule has 1 heterocycles. The van der Waals surface area contributed by atoms with E-state index in [0.717, 1.165) is 52.0 Å². The van der Waals surface area contributed by atoms with Crippen LogP contribution in [0.25, 0.3) is 22.2 Å². The van der Waals surface area contributed by atoms with Gasteiger partial charge >= 0.3 is 0 Å². The monoisotopic (exact) mass is 511 g/mol. The summed E-state index contributed by atoms with van der Waals surface area (Å²) in [6, 6.07) is 9.94. The Morgan fingerprint density at radius 1 is 1.06 bits per heavy atom. The Morgan fingerprint density at radius 2 is 1.75 bits per heavy atom. The van der Waals surface area contributed by atoms with Gasteiger partial charge in [0.1, 0.15) is 18.1 Å². The third kappa shape index (κ3) is 5.40. The van der Waals surface area contributed by atoms with Gasteiger partial charge in [-0.15, -0.1) is 18.8 Å². The highest BCUT2D eigenvalue weighted by molar-refractivity contribution is 6.30. The zero-order chi connectivity index (χ0) is 25.1. The second kappa shape index (κ2) is 11.6. The van der Waals surface area contributed by atoms with E-state index in [1.165, 1.54) is 0 Å². The van der Waals surface area contributed by atoms with E-state index in [2.05, 4.69) is 34.8 Å². The predicted octanol–water partition coefficient (Wildman–Crippen LogP) is 5.34. The number of likely N-dealkylation sites (N-methyl/N-ethyl adjacent to an activating group) is 1. The summed E-state index contributed by atoms with van der Waals surface area (Å²) in [5, 5.41) is 5.61. The summed E-state index contributed by atoms with van der Waals surface area (Å²) in [7, 11) is 7.30. The van der Waals surface area contributed by atoms with E-state index in [1.54, 1.807) is 14.2 Å². The number of oxime groups is 1. The van der Waals surface area contributed by atoms with E-state index in [-0.39, 0.29) is 12.4 Å². The van der Waals surface area contributed by atoms with Crippen LogP contribution in [0.5, 0.6) is 17.2 Å². The molecule has 0 spiro atoms. The van der Waals surface area contributed by atoms with Crippen molar-refractivity contribution in [3.63, 3.8) is 0 Å². The quantitative estimate of drug-likeness (QED) is 0.230. The van der Waals surface area contributed by atoms with Crippen molar-refractivity contribution in [3.05, 3.63) is 41.5 Å². The molecule has 8 heteroatoms. The Morgan fingerprint density at radius 3 is 2.36 bits per heavy atom. The molecule has 192 valence electrons.